The van der Waals surface area contributed by atoms with Crippen molar-refractivity contribution in [1.29, 1.82) is 0 Å². The third-order valence-electron chi connectivity index (χ3n) is 3.59. The first-order valence-corrected chi connectivity index (χ1v) is 6.79. The smallest absolute Gasteiger partial charge is 0.227 e. The second-order valence-corrected chi connectivity index (χ2v) is 5.02. The fourth-order valence-electron chi connectivity index (χ4n) is 2.41. The zero-order chi connectivity index (χ0) is 13.7. The van der Waals surface area contributed by atoms with Crippen LogP contribution in [0.25, 0.3) is 0 Å². The summed E-state index contributed by atoms with van der Waals surface area (Å²) in [4.78, 5) is 23.2. The zero-order valence-corrected chi connectivity index (χ0v) is 11.2. The number of hydrogen-bond donors (Lipinski definition) is 2. The lowest BCUT2D eigenvalue weighted by atomic mass is 10.1. The summed E-state index contributed by atoms with van der Waals surface area (Å²) in [6.45, 7) is 0. The zero-order valence-electron chi connectivity index (χ0n) is 11.2. The molecule has 19 heavy (non-hydrogen) atoms. The molecule has 0 aromatic heterocycles. The minimum Gasteiger partial charge on any atom is -0.359 e. The molecule has 1 aliphatic rings. The van der Waals surface area contributed by atoms with Crippen LogP contribution in [0.5, 0.6) is 0 Å². The SMILES string of the molecule is CNC(=O)Cc1ccc(NC(=O)C2CCCC2)cc1. The molecule has 0 aliphatic heterocycles. The van der Waals surface area contributed by atoms with Gasteiger partial charge in [0.05, 0.1) is 6.42 Å². The number of hydrogen-bond acceptors (Lipinski definition) is 2. The summed E-state index contributed by atoms with van der Waals surface area (Å²) in [5.74, 6) is 0.282. The van der Waals surface area contributed by atoms with Crippen molar-refractivity contribution in [2.75, 3.05) is 12.4 Å². The van der Waals surface area contributed by atoms with Crippen molar-refractivity contribution < 1.29 is 9.59 Å². The first-order valence-electron chi connectivity index (χ1n) is 6.79. The lowest BCUT2D eigenvalue weighted by molar-refractivity contribution is -0.120. The third kappa shape index (κ3) is 3.81. The molecule has 2 rings (SSSR count). The highest BCUT2D eigenvalue weighted by molar-refractivity contribution is 5.92. The lowest BCUT2D eigenvalue weighted by Gasteiger charge is -2.10. The average molecular weight is 260 g/mol. The molecule has 2 N–H and O–H groups in total. The van der Waals surface area contributed by atoms with Gasteiger partial charge in [0.15, 0.2) is 0 Å². The molecule has 0 spiro atoms. The van der Waals surface area contributed by atoms with Crippen LogP contribution in [0, 0.1) is 5.92 Å². The van der Waals surface area contributed by atoms with E-state index in [0.29, 0.717) is 6.42 Å². The molecule has 4 nitrogen and oxygen atoms in total. The van der Waals surface area contributed by atoms with Gasteiger partial charge in [-0.15, -0.1) is 0 Å². The van der Waals surface area contributed by atoms with Gasteiger partial charge >= 0.3 is 0 Å². The van der Waals surface area contributed by atoms with E-state index in [1.807, 2.05) is 24.3 Å². The summed E-state index contributed by atoms with van der Waals surface area (Å²) in [7, 11) is 1.62. The molecular weight excluding hydrogens is 240 g/mol. The van der Waals surface area contributed by atoms with E-state index in [-0.39, 0.29) is 17.7 Å². The minimum atomic E-state index is -0.0114. The fourth-order valence-corrected chi connectivity index (χ4v) is 2.41. The predicted molar refractivity (Wildman–Crippen MR) is 74.8 cm³/mol. The van der Waals surface area contributed by atoms with E-state index in [1.54, 1.807) is 7.05 Å². The molecule has 2 amide bonds. The van der Waals surface area contributed by atoms with Gasteiger partial charge in [-0.25, -0.2) is 0 Å². The third-order valence-corrected chi connectivity index (χ3v) is 3.59. The molecule has 1 aliphatic carbocycles. The molecule has 102 valence electrons. The largest absolute Gasteiger partial charge is 0.359 e. The predicted octanol–water partition coefficient (Wildman–Crippen LogP) is 2.10. The summed E-state index contributed by atoms with van der Waals surface area (Å²) in [5.41, 5.74) is 1.75. The van der Waals surface area contributed by atoms with Crippen molar-refractivity contribution in [3.8, 4) is 0 Å². The number of carbonyl (C=O) groups is 2. The van der Waals surface area contributed by atoms with E-state index in [9.17, 15) is 9.59 Å². The highest BCUT2D eigenvalue weighted by Crippen LogP contribution is 2.26. The number of anilines is 1. The molecule has 1 aromatic carbocycles. The molecule has 4 heteroatoms. The maximum atomic E-state index is 11.9. The Hall–Kier alpha value is -1.84. The Morgan fingerprint density at radius 2 is 1.79 bits per heavy atom. The van der Waals surface area contributed by atoms with E-state index in [0.717, 1.165) is 36.9 Å². The van der Waals surface area contributed by atoms with Gasteiger partial charge in [-0.05, 0) is 30.5 Å². The van der Waals surface area contributed by atoms with Crippen molar-refractivity contribution in [2.45, 2.75) is 32.1 Å². The number of likely N-dealkylation sites (N-methyl/N-ethyl adjacent to an activating group) is 1. The molecule has 0 heterocycles. The maximum absolute atomic E-state index is 11.9. The van der Waals surface area contributed by atoms with Crippen LogP contribution in [-0.2, 0) is 16.0 Å². The standard InChI is InChI=1S/C15H20N2O2/c1-16-14(18)10-11-6-8-13(9-7-11)17-15(19)12-4-2-3-5-12/h6-9,12H,2-5,10H2,1H3,(H,16,18)(H,17,19). The molecule has 1 fully saturated rings. The minimum absolute atomic E-state index is 0.0114. The van der Waals surface area contributed by atoms with Crippen LogP contribution >= 0.6 is 0 Å². The van der Waals surface area contributed by atoms with Crippen LogP contribution in [0.2, 0.25) is 0 Å². The lowest BCUT2D eigenvalue weighted by Crippen LogP contribution is -2.21. The van der Waals surface area contributed by atoms with Crippen LogP contribution < -0.4 is 10.6 Å². The van der Waals surface area contributed by atoms with E-state index >= 15 is 0 Å². The molecule has 0 unspecified atom stereocenters. The average Bonchev–Trinajstić information content (AvgIpc) is 2.95. The van der Waals surface area contributed by atoms with Gasteiger partial charge in [0.25, 0.3) is 0 Å². The van der Waals surface area contributed by atoms with Gasteiger partial charge in [-0.1, -0.05) is 25.0 Å². The number of amides is 2. The normalized spacial score (nSPS) is 15.2. The number of carbonyl (C=O) groups excluding carboxylic acids is 2. The molecule has 1 aromatic rings. The van der Waals surface area contributed by atoms with Crippen LogP contribution in [0.4, 0.5) is 5.69 Å². The summed E-state index contributed by atoms with van der Waals surface area (Å²) < 4.78 is 0. The number of benzene rings is 1. The Morgan fingerprint density at radius 1 is 1.16 bits per heavy atom. The summed E-state index contributed by atoms with van der Waals surface area (Å²) in [5, 5.41) is 5.53. The molecule has 0 radical (unpaired) electrons. The van der Waals surface area contributed by atoms with Crippen molar-refractivity contribution >= 4 is 17.5 Å². The Morgan fingerprint density at radius 3 is 2.37 bits per heavy atom. The first kappa shape index (κ1) is 13.6. The summed E-state index contributed by atoms with van der Waals surface area (Å²) in [6.07, 6.45) is 4.68. The van der Waals surface area contributed by atoms with Crippen LogP contribution in [0.1, 0.15) is 31.2 Å². The van der Waals surface area contributed by atoms with Gasteiger partial charge in [0.2, 0.25) is 11.8 Å². The van der Waals surface area contributed by atoms with Gasteiger partial charge in [-0.3, -0.25) is 9.59 Å². The van der Waals surface area contributed by atoms with E-state index < -0.39 is 0 Å². The molecular formula is C15H20N2O2. The Bertz CT molecular complexity index is 448. The van der Waals surface area contributed by atoms with Crippen molar-refractivity contribution in [2.24, 2.45) is 5.92 Å². The molecule has 0 saturated heterocycles. The Balaban J connectivity index is 1.91. The quantitative estimate of drug-likeness (QED) is 0.871. The Labute approximate surface area is 113 Å². The number of nitrogens with one attached hydrogen (secondary N) is 2. The van der Waals surface area contributed by atoms with E-state index in [2.05, 4.69) is 10.6 Å². The summed E-state index contributed by atoms with van der Waals surface area (Å²) >= 11 is 0. The van der Waals surface area contributed by atoms with Gasteiger partial charge in [-0.2, -0.15) is 0 Å². The second-order valence-electron chi connectivity index (χ2n) is 5.02. The summed E-state index contributed by atoms with van der Waals surface area (Å²) in [6, 6.07) is 7.45. The number of rotatable bonds is 4. The van der Waals surface area contributed by atoms with Gasteiger partial charge in [0, 0.05) is 18.7 Å². The van der Waals surface area contributed by atoms with E-state index in [4.69, 9.17) is 0 Å². The van der Waals surface area contributed by atoms with Crippen LogP contribution in [-0.4, -0.2) is 18.9 Å². The Kier molecular flexibility index (Phi) is 4.55. The van der Waals surface area contributed by atoms with Crippen LogP contribution in [0.3, 0.4) is 0 Å². The van der Waals surface area contributed by atoms with Crippen molar-refractivity contribution in [3.63, 3.8) is 0 Å². The first-order chi connectivity index (χ1) is 9.19. The van der Waals surface area contributed by atoms with E-state index in [1.165, 1.54) is 0 Å². The van der Waals surface area contributed by atoms with Crippen molar-refractivity contribution in [1.82, 2.24) is 5.32 Å². The maximum Gasteiger partial charge on any atom is 0.227 e. The van der Waals surface area contributed by atoms with Gasteiger partial charge < -0.3 is 10.6 Å². The second kappa shape index (κ2) is 6.36. The molecule has 0 atom stereocenters. The van der Waals surface area contributed by atoms with Crippen LogP contribution in [0.15, 0.2) is 24.3 Å². The monoisotopic (exact) mass is 260 g/mol. The fraction of sp³-hybridized carbons (Fsp3) is 0.467. The molecule has 1 saturated carbocycles. The highest BCUT2D eigenvalue weighted by atomic mass is 16.2. The topological polar surface area (TPSA) is 58.2 Å². The highest BCUT2D eigenvalue weighted by Gasteiger charge is 2.22. The van der Waals surface area contributed by atoms with Gasteiger partial charge in [0.1, 0.15) is 0 Å². The molecule has 0 bridgehead atoms. The van der Waals surface area contributed by atoms with Crippen molar-refractivity contribution in [3.05, 3.63) is 29.8 Å².